The zero-order chi connectivity index (χ0) is 13.9. The van der Waals surface area contributed by atoms with Gasteiger partial charge in [0, 0.05) is 43.1 Å². The standard InChI is InChI=1S/C15H15N5/c1-3-20(2)15-12-6-9-17-10-13(12)18-14(19-15)11-4-7-16-8-5-11/h4-10H,3H2,1-2H3. The van der Waals surface area contributed by atoms with E-state index in [1.54, 1.807) is 24.8 Å². The van der Waals surface area contributed by atoms with E-state index in [4.69, 9.17) is 4.98 Å². The molecule has 0 unspecified atom stereocenters. The van der Waals surface area contributed by atoms with Crippen LogP contribution in [0.25, 0.3) is 22.3 Å². The van der Waals surface area contributed by atoms with E-state index >= 15 is 0 Å². The van der Waals surface area contributed by atoms with Gasteiger partial charge in [0.15, 0.2) is 5.82 Å². The number of fused-ring (bicyclic) bond motifs is 1. The molecular formula is C15H15N5. The van der Waals surface area contributed by atoms with E-state index in [1.807, 2.05) is 25.2 Å². The highest BCUT2D eigenvalue weighted by molar-refractivity contribution is 5.90. The summed E-state index contributed by atoms with van der Waals surface area (Å²) < 4.78 is 0. The van der Waals surface area contributed by atoms with E-state index in [0.717, 1.165) is 28.8 Å². The smallest absolute Gasteiger partial charge is 0.162 e. The highest BCUT2D eigenvalue weighted by Crippen LogP contribution is 2.25. The van der Waals surface area contributed by atoms with Crippen molar-refractivity contribution in [1.82, 2.24) is 19.9 Å². The summed E-state index contributed by atoms with van der Waals surface area (Å²) in [6.07, 6.45) is 7.03. The molecule has 0 aliphatic heterocycles. The van der Waals surface area contributed by atoms with Crippen molar-refractivity contribution in [2.24, 2.45) is 0 Å². The molecule has 5 heteroatoms. The summed E-state index contributed by atoms with van der Waals surface area (Å²) in [6.45, 7) is 2.98. The van der Waals surface area contributed by atoms with Crippen molar-refractivity contribution in [3.8, 4) is 11.4 Å². The fourth-order valence-electron chi connectivity index (χ4n) is 2.03. The second-order valence-electron chi connectivity index (χ2n) is 4.51. The minimum absolute atomic E-state index is 0.697. The predicted octanol–water partition coefficient (Wildman–Crippen LogP) is 2.54. The van der Waals surface area contributed by atoms with Gasteiger partial charge in [0.2, 0.25) is 0 Å². The van der Waals surface area contributed by atoms with Crippen molar-refractivity contribution in [2.45, 2.75) is 6.92 Å². The van der Waals surface area contributed by atoms with Gasteiger partial charge in [0.25, 0.3) is 0 Å². The van der Waals surface area contributed by atoms with Gasteiger partial charge in [-0.1, -0.05) is 0 Å². The Morgan fingerprint density at radius 1 is 1.00 bits per heavy atom. The highest BCUT2D eigenvalue weighted by Gasteiger charge is 2.11. The first-order valence-corrected chi connectivity index (χ1v) is 6.53. The molecule has 0 saturated carbocycles. The molecule has 0 aromatic carbocycles. The molecular weight excluding hydrogens is 250 g/mol. The molecule has 0 bridgehead atoms. The molecule has 3 aromatic rings. The van der Waals surface area contributed by atoms with E-state index in [1.165, 1.54) is 0 Å². The SMILES string of the molecule is CCN(C)c1nc(-c2ccncc2)nc2cnccc12. The van der Waals surface area contributed by atoms with Crippen LogP contribution < -0.4 is 4.90 Å². The van der Waals surface area contributed by atoms with Gasteiger partial charge in [0.05, 0.1) is 11.7 Å². The van der Waals surface area contributed by atoms with Gasteiger partial charge < -0.3 is 4.90 Å². The number of nitrogens with zero attached hydrogens (tertiary/aromatic N) is 5. The molecule has 0 atom stereocenters. The Morgan fingerprint density at radius 3 is 2.50 bits per heavy atom. The number of aromatic nitrogens is 4. The number of hydrogen-bond acceptors (Lipinski definition) is 5. The lowest BCUT2D eigenvalue weighted by molar-refractivity contribution is 0.941. The van der Waals surface area contributed by atoms with Crippen LogP contribution in [0.15, 0.2) is 43.0 Å². The first kappa shape index (κ1) is 12.5. The minimum atomic E-state index is 0.697. The van der Waals surface area contributed by atoms with Gasteiger partial charge in [-0.15, -0.1) is 0 Å². The third-order valence-electron chi connectivity index (χ3n) is 3.25. The van der Waals surface area contributed by atoms with Gasteiger partial charge in [-0.25, -0.2) is 9.97 Å². The van der Waals surface area contributed by atoms with Crippen LogP contribution in [0.1, 0.15) is 6.92 Å². The van der Waals surface area contributed by atoms with Gasteiger partial charge in [-0.2, -0.15) is 0 Å². The zero-order valence-corrected chi connectivity index (χ0v) is 11.5. The topological polar surface area (TPSA) is 54.8 Å². The Hall–Kier alpha value is -2.56. The number of anilines is 1. The van der Waals surface area contributed by atoms with E-state index in [-0.39, 0.29) is 0 Å². The molecule has 0 amide bonds. The maximum Gasteiger partial charge on any atom is 0.162 e. The lowest BCUT2D eigenvalue weighted by Crippen LogP contribution is -2.18. The maximum absolute atomic E-state index is 4.70. The van der Waals surface area contributed by atoms with E-state index in [2.05, 4.69) is 26.8 Å². The number of rotatable bonds is 3. The van der Waals surface area contributed by atoms with Crippen LogP contribution in [0.2, 0.25) is 0 Å². The van der Waals surface area contributed by atoms with Crippen LogP contribution in [-0.2, 0) is 0 Å². The molecule has 0 saturated heterocycles. The molecule has 0 fully saturated rings. The first-order valence-electron chi connectivity index (χ1n) is 6.53. The van der Waals surface area contributed by atoms with Gasteiger partial charge >= 0.3 is 0 Å². The predicted molar refractivity (Wildman–Crippen MR) is 79.5 cm³/mol. The Balaban J connectivity index is 2.25. The summed E-state index contributed by atoms with van der Waals surface area (Å²) >= 11 is 0. The minimum Gasteiger partial charge on any atom is -0.359 e. The summed E-state index contributed by atoms with van der Waals surface area (Å²) in [7, 11) is 2.03. The van der Waals surface area contributed by atoms with Crippen LogP contribution in [0.4, 0.5) is 5.82 Å². The van der Waals surface area contributed by atoms with Crippen LogP contribution >= 0.6 is 0 Å². The van der Waals surface area contributed by atoms with Crippen molar-refractivity contribution in [3.63, 3.8) is 0 Å². The molecule has 0 spiro atoms. The van der Waals surface area contributed by atoms with E-state index in [9.17, 15) is 0 Å². The monoisotopic (exact) mass is 265 g/mol. The Kier molecular flexibility index (Phi) is 3.25. The Bertz CT molecular complexity index is 727. The molecule has 0 aliphatic carbocycles. The molecule has 5 nitrogen and oxygen atoms in total. The highest BCUT2D eigenvalue weighted by atomic mass is 15.2. The largest absolute Gasteiger partial charge is 0.359 e. The van der Waals surface area contributed by atoms with Crippen molar-refractivity contribution in [1.29, 1.82) is 0 Å². The lowest BCUT2D eigenvalue weighted by atomic mass is 10.2. The number of hydrogen-bond donors (Lipinski definition) is 0. The van der Waals surface area contributed by atoms with Crippen molar-refractivity contribution in [2.75, 3.05) is 18.5 Å². The Morgan fingerprint density at radius 2 is 1.75 bits per heavy atom. The summed E-state index contributed by atoms with van der Waals surface area (Å²) in [4.78, 5) is 19.6. The van der Waals surface area contributed by atoms with Crippen molar-refractivity contribution >= 4 is 16.7 Å². The van der Waals surface area contributed by atoms with Crippen LogP contribution in [0.3, 0.4) is 0 Å². The summed E-state index contributed by atoms with van der Waals surface area (Å²) in [5.41, 5.74) is 1.81. The van der Waals surface area contributed by atoms with Gasteiger partial charge in [-0.3, -0.25) is 9.97 Å². The van der Waals surface area contributed by atoms with Crippen LogP contribution in [-0.4, -0.2) is 33.5 Å². The quantitative estimate of drug-likeness (QED) is 0.728. The third-order valence-corrected chi connectivity index (χ3v) is 3.25. The average molecular weight is 265 g/mol. The second-order valence-corrected chi connectivity index (χ2v) is 4.51. The van der Waals surface area contributed by atoms with Gasteiger partial charge in [0.1, 0.15) is 5.82 Å². The number of pyridine rings is 2. The summed E-state index contributed by atoms with van der Waals surface area (Å²) in [6, 6.07) is 5.77. The molecule has 20 heavy (non-hydrogen) atoms. The summed E-state index contributed by atoms with van der Waals surface area (Å²) in [5.74, 6) is 1.62. The third kappa shape index (κ3) is 2.18. The second kappa shape index (κ2) is 5.21. The van der Waals surface area contributed by atoms with Crippen molar-refractivity contribution < 1.29 is 0 Å². The molecule has 0 aliphatic rings. The van der Waals surface area contributed by atoms with E-state index < -0.39 is 0 Å². The van der Waals surface area contributed by atoms with E-state index in [0.29, 0.717) is 5.82 Å². The average Bonchev–Trinajstić information content (AvgIpc) is 2.54. The zero-order valence-electron chi connectivity index (χ0n) is 11.5. The molecule has 100 valence electrons. The summed E-state index contributed by atoms with van der Waals surface area (Å²) in [5, 5.41) is 1.02. The molecule has 3 rings (SSSR count). The lowest BCUT2D eigenvalue weighted by Gasteiger charge is -2.18. The van der Waals surface area contributed by atoms with Gasteiger partial charge in [-0.05, 0) is 25.1 Å². The molecule has 3 aromatic heterocycles. The van der Waals surface area contributed by atoms with Crippen LogP contribution in [0, 0.1) is 0 Å². The Labute approximate surface area is 117 Å². The van der Waals surface area contributed by atoms with Crippen molar-refractivity contribution in [3.05, 3.63) is 43.0 Å². The maximum atomic E-state index is 4.70. The fraction of sp³-hybridized carbons (Fsp3) is 0.200. The molecule has 0 N–H and O–H groups in total. The first-order chi connectivity index (χ1) is 9.79. The normalized spacial score (nSPS) is 10.7. The molecule has 3 heterocycles. The molecule has 0 radical (unpaired) electrons. The fourth-order valence-corrected chi connectivity index (χ4v) is 2.03. The van der Waals surface area contributed by atoms with Crippen LogP contribution in [0.5, 0.6) is 0 Å².